The molecule has 0 aromatic heterocycles. The molecule has 1 unspecified atom stereocenters. The van der Waals surface area contributed by atoms with Crippen LogP contribution in [0.15, 0.2) is 42.5 Å². The maximum Gasteiger partial charge on any atom is 0.243 e. The zero-order valence-electron chi connectivity index (χ0n) is 28.1. The standard InChI is InChI=1S/C35H50F2N4O6S/c1-4-8-29(9-5-2)48(46,47)22-31(40-34(44)17-26-16-33(43)39-20-26)35(45)41-30(15-25-13-27(36)18-28(37)14-25)32(42)21-38-19-24-11-7-10-23(6-3)12-24/h7,10-14,18,26,29-32,38,42H,4-6,8-9,15-17,19-22H2,1-3H3,(H,39,43)(H,40,44)(H,41,45)/t26-,30+,31?,32-/m1/s1. The van der Waals surface area contributed by atoms with Crippen molar-refractivity contribution in [2.45, 2.75) is 102 Å². The van der Waals surface area contributed by atoms with Gasteiger partial charge in [-0.3, -0.25) is 14.4 Å². The van der Waals surface area contributed by atoms with Crippen molar-refractivity contribution in [3.8, 4) is 0 Å². The highest BCUT2D eigenvalue weighted by molar-refractivity contribution is 7.92. The molecule has 1 heterocycles. The lowest BCUT2D eigenvalue weighted by Gasteiger charge is -2.28. The highest BCUT2D eigenvalue weighted by atomic mass is 32.2. The molecule has 10 nitrogen and oxygen atoms in total. The quantitative estimate of drug-likeness (QED) is 0.143. The lowest BCUT2D eigenvalue weighted by atomic mass is 10.00. The predicted molar refractivity (Wildman–Crippen MR) is 181 cm³/mol. The second-order valence-corrected chi connectivity index (χ2v) is 15.0. The summed E-state index contributed by atoms with van der Waals surface area (Å²) in [7, 11) is -3.87. The second kappa shape index (κ2) is 18.9. The number of benzene rings is 2. The molecule has 0 aliphatic carbocycles. The van der Waals surface area contributed by atoms with Crippen LogP contribution in [-0.2, 0) is 43.6 Å². The van der Waals surface area contributed by atoms with Crippen LogP contribution in [0.5, 0.6) is 0 Å². The predicted octanol–water partition coefficient (Wildman–Crippen LogP) is 3.10. The van der Waals surface area contributed by atoms with E-state index < -0.39 is 62.5 Å². The number of hydrogen-bond donors (Lipinski definition) is 5. The first-order chi connectivity index (χ1) is 22.8. The minimum atomic E-state index is -3.87. The highest BCUT2D eigenvalue weighted by Gasteiger charge is 2.35. The monoisotopic (exact) mass is 692 g/mol. The first-order valence-electron chi connectivity index (χ1n) is 16.8. The molecule has 266 valence electrons. The van der Waals surface area contributed by atoms with Crippen LogP contribution < -0.4 is 21.3 Å². The molecule has 0 radical (unpaired) electrons. The van der Waals surface area contributed by atoms with Crippen molar-refractivity contribution in [3.05, 3.63) is 70.8 Å². The Morgan fingerprint density at radius 2 is 1.65 bits per heavy atom. The number of hydrogen-bond acceptors (Lipinski definition) is 7. The van der Waals surface area contributed by atoms with Crippen LogP contribution in [0.2, 0.25) is 0 Å². The average Bonchev–Trinajstić information content (AvgIpc) is 3.43. The number of halogens is 2. The lowest BCUT2D eigenvalue weighted by Crippen LogP contribution is -2.57. The van der Waals surface area contributed by atoms with Crippen molar-refractivity contribution in [1.82, 2.24) is 21.3 Å². The maximum atomic E-state index is 14.1. The van der Waals surface area contributed by atoms with Gasteiger partial charge in [-0.25, -0.2) is 17.2 Å². The minimum Gasteiger partial charge on any atom is -0.390 e. The van der Waals surface area contributed by atoms with Gasteiger partial charge in [0.25, 0.3) is 0 Å². The number of aliphatic hydroxyl groups is 1. The summed E-state index contributed by atoms with van der Waals surface area (Å²) in [5.41, 5.74) is 2.30. The molecule has 3 rings (SSSR count). The van der Waals surface area contributed by atoms with E-state index in [9.17, 15) is 36.7 Å². The third-order valence-electron chi connectivity index (χ3n) is 8.57. The number of aryl methyl sites for hydroxylation is 1. The number of carbonyl (C=O) groups excluding carboxylic acids is 3. The molecule has 4 atom stereocenters. The van der Waals surface area contributed by atoms with Gasteiger partial charge in [-0.2, -0.15) is 0 Å². The number of sulfone groups is 1. The van der Waals surface area contributed by atoms with Crippen LogP contribution in [-0.4, -0.2) is 73.5 Å². The Bertz CT molecular complexity index is 1460. The van der Waals surface area contributed by atoms with Gasteiger partial charge >= 0.3 is 0 Å². The van der Waals surface area contributed by atoms with Crippen molar-refractivity contribution in [1.29, 1.82) is 0 Å². The van der Waals surface area contributed by atoms with Crippen LogP contribution in [0.4, 0.5) is 8.78 Å². The van der Waals surface area contributed by atoms with Gasteiger partial charge in [0.15, 0.2) is 9.84 Å². The van der Waals surface area contributed by atoms with Crippen molar-refractivity contribution in [3.63, 3.8) is 0 Å². The summed E-state index contributed by atoms with van der Waals surface area (Å²) in [4.78, 5) is 38.6. The third-order valence-corrected chi connectivity index (χ3v) is 10.9. The van der Waals surface area contributed by atoms with Gasteiger partial charge in [-0.15, -0.1) is 0 Å². The highest BCUT2D eigenvalue weighted by Crippen LogP contribution is 2.19. The first-order valence-corrected chi connectivity index (χ1v) is 18.5. The van der Waals surface area contributed by atoms with Gasteiger partial charge < -0.3 is 26.4 Å². The summed E-state index contributed by atoms with van der Waals surface area (Å²) in [6.45, 7) is 6.48. The molecule has 3 amide bonds. The zero-order chi connectivity index (χ0) is 35.3. The fourth-order valence-electron chi connectivity index (χ4n) is 6.04. The Morgan fingerprint density at radius 3 is 2.25 bits per heavy atom. The molecule has 0 spiro atoms. The largest absolute Gasteiger partial charge is 0.390 e. The Hall–Kier alpha value is -3.42. The number of aliphatic hydroxyl groups excluding tert-OH is 1. The second-order valence-electron chi connectivity index (χ2n) is 12.7. The molecule has 2 aromatic rings. The Balaban J connectivity index is 1.84. The summed E-state index contributed by atoms with van der Waals surface area (Å²) in [6, 6.07) is 8.20. The van der Waals surface area contributed by atoms with Crippen LogP contribution in [0, 0.1) is 17.6 Å². The van der Waals surface area contributed by atoms with E-state index in [1.807, 2.05) is 45.0 Å². The molecule has 1 aliphatic rings. The van der Waals surface area contributed by atoms with E-state index >= 15 is 0 Å². The van der Waals surface area contributed by atoms with Gasteiger partial charge in [-0.05, 0) is 60.4 Å². The normalized spacial score (nSPS) is 16.7. The van der Waals surface area contributed by atoms with E-state index in [-0.39, 0.29) is 43.2 Å². The maximum absolute atomic E-state index is 14.1. The Labute approximate surface area is 282 Å². The zero-order valence-corrected chi connectivity index (χ0v) is 28.9. The molecule has 0 saturated carbocycles. The summed E-state index contributed by atoms with van der Waals surface area (Å²) >= 11 is 0. The molecule has 13 heteroatoms. The molecule has 1 fully saturated rings. The summed E-state index contributed by atoms with van der Waals surface area (Å²) in [5, 5.41) is 21.6. The fourth-order valence-corrected chi connectivity index (χ4v) is 8.20. The van der Waals surface area contributed by atoms with Gasteiger partial charge in [-0.1, -0.05) is 57.9 Å². The van der Waals surface area contributed by atoms with Crippen LogP contribution in [0.3, 0.4) is 0 Å². The summed E-state index contributed by atoms with van der Waals surface area (Å²) < 4.78 is 55.4. The van der Waals surface area contributed by atoms with Crippen molar-refractivity contribution in [2.75, 3.05) is 18.8 Å². The van der Waals surface area contributed by atoms with E-state index in [1.54, 1.807) is 0 Å². The smallest absolute Gasteiger partial charge is 0.243 e. The first kappa shape index (κ1) is 39.0. The van der Waals surface area contributed by atoms with E-state index in [1.165, 1.54) is 0 Å². The van der Waals surface area contributed by atoms with E-state index in [0.717, 1.165) is 29.7 Å². The van der Waals surface area contributed by atoms with Crippen molar-refractivity contribution >= 4 is 27.6 Å². The average molecular weight is 693 g/mol. The Kier molecular flexibility index (Phi) is 15.4. The fraction of sp³-hybridized carbons (Fsp3) is 0.571. The number of amides is 3. The van der Waals surface area contributed by atoms with Gasteiger partial charge in [0.05, 0.1) is 23.1 Å². The SMILES string of the molecule is CCCC(CCC)S(=O)(=O)CC(NC(=O)C[C@@H]1CNC(=O)C1)C(=O)N[C@@H](Cc1cc(F)cc(F)c1)[C@H](O)CNCc1cccc(CC)c1. The summed E-state index contributed by atoms with van der Waals surface area (Å²) in [6.07, 6.45) is 1.50. The van der Waals surface area contributed by atoms with Crippen LogP contribution in [0.25, 0.3) is 0 Å². The molecule has 5 N–H and O–H groups in total. The number of nitrogens with one attached hydrogen (secondary N) is 4. The van der Waals surface area contributed by atoms with E-state index in [4.69, 9.17) is 0 Å². The van der Waals surface area contributed by atoms with E-state index in [0.29, 0.717) is 44.8 Å². The van der Waals surface area contributed by atoms with Crippen molar-refractivity contribution in [2.24, 2.45) is 5.92 Å². The summed E-state index contributed by atoms with van der Waals surface area (Å²) in [5.74, 6) is -4.25. The van der Waals surface area contributed by atoms with Crippen molar-refractivity contribution < 1.29 is 36.7 Å². The van der Waals surface area contributed by atoms with E-state index in [2.05, 4.69) is 21.3 Å². The number of rotatable bonds is 20. The van der Waals surface area contributed by atoms with Crippen LogP contribution in [0.1, 0.15) is 76.0 Å². The number of carbonyl (C=O) groups is 3. The molecule has 1 aliphatic heterocycles. The molecule has 0 bridgehead atoms. The topological polar surface area (TPSA) is 154 Å². The molecule has 2 aromatic carbocycles. The molecule has 1 saturated heterocycles. The van der Waals surface area contributed by atoms with Gasteiger partial charge in [0.2, 0.25) is 17.7 Å². The van der Waals surface area contributed by atoms with Gasteiger partial charge in [0.1, 0.15) is 17.7 Å². The Morgan fingerprint density at radius 1 is 0.979 bits per heavy atom. The molecular weight excluding hydrogens is 642 g/mol. The lowest BCUT2D eigenvalue weighted by molar-refractivity contribution is -0.129. The molecule has 48 heavy (non-hydrogen) atoms. The van der Waals surface area contributed by atoms with Gasteiger partial charge in [0, 0.05) is 38.5 Å². The van der Waals surface area contributed by atoms with Crippen LogP contribution >= 0.6 is 0 Å². The molecular formula is C35H50F2N4O6S. The third kappa shape index (κ3) is 12.6. The minimum absolute atomic E-state index is 0.00773.